The van der Waals surface area contributed by atoms with Crippen LogP contribution < -0.4 is 11.1 Å². The fourth-order valence-electron chi connectivity index (χ4n) is 0.938. The van der Waals surface area contributed by atoms with E-state index in [2.05, 4.69) is 31.1 Å². The largest absolute Gasteiger partial charge is 0.396 e. The maximum absolute atomic E-state index is 8.69. The minimum absolute atomic E-state index is 0.228. The Labute approximate surface area is 86.6 Å². The molecule has 1 atom stereocenters. The van der Waals surface area contributed by atoms with Crippen molar-refractivity contribution in [2.45, 2.75) is 27.2 Å². The van der Waals surface area contributed by atoms with Gasteiger partial charge in [-0.2, -0.15) is 0 Å². The zero-order chi connectivity index (χ0) is 11.0. The van der Waals surface area contributed by atoms with Crippen LogP contribution in [0.2, 0.25) is 0 Å². The van der Waals surface area contributed by atoms with Crippen molar-refractivity contribution in [3.63, 3.8) is 0 Å². The van der Waals surface area contributed by atoms with Crippen LogP contribution in [0.4, 0.5) is 0 Å². The summed E-state index contributed by atoms with van der Waals surface area (Å²) in [5.74, 6) is 1.46. The Morgan fingerprint density at radius 2 is 2.07 bits per heavy atom. The monoisotopic (exact) mass is 201 g/mol. The minimum Gasteiger partial charge on any atom is -0.396 e. The predicted molar refractivity (Wildman–Crippen MR) is 60.2 cm³/mol. The molecular formula is C10H23N3O. The fraction of sp³-hybridized carbons (Fsp3) is 0.900. The molecule has 0 amide bonds. The van der Waals surface area contributed by atoms with Crippen molar-refractivity contribution >= 4 is 5.96 Å². The Kier molecular flexibility index (Phi) is 7.20. The zero-order valence-corrected chi connectivity index (χ0v) is 9.45. The van der Waals surface area contributed by atoms with Gasteiger partial charge in [-0.15, -0.1) is 0 Å². The molecule has 4 N–H and O–H groups in total. The molecule has 14 heavy (non-hydrogen) atoms. The molecule has 4 nitrogen and oxygen atoms in total. The van der Waals surface area contributed by atoms with E-state index in [9.17, 15) is 0 Å². The van der Waals surface area contributed by atoms with Crippen molar-refractivity contribution < 1.29 is 5.11 Å². The lowest BCUT2D eigenvalue weighted by Gasteiger charge is -2.11. The highest BCUT2D eigenvalue weighted by molar-refractivity contribution is 5.77. The van der Waals surface area contributed by atoms with Crippen LogP contribution in [-0.2, 0) is 0 Å². The van der Waals surface area contributed by atoms with Gasteiger partial charge >= 0.3 is 0 Å². The number of nitrogens with zero attached hydrogens (tertiary/aromatic N) is 1. The van der Waals surface area contributed by atoms with Crippen LogP contribution in [-0.4, -0.2) is 30.8 Å². The van der Waals surface area contributed by atoms with E-state index < -0.39 is 0 Å². The van der Waals surface area contributed by atoms with E-state index in [0.717, 1.165) is 19.5 Å². The Morgan fingerprint density at radius 1 is 1.43 bits per heavy atom. The smallest absolute Gasteiger partial charge is 0.188 e. The topological polar surface area (TPSA) is 70.6 Å². The average molecular weight is 201 g/mol. The normalized spacial score (nSPS) is 14.5. The third kappa shape index (κ3) is 7.86. The van der Waals surface area contributed by atoms with E-state index in [0.29, 0.717) is 17.8 Å². The highest BCUT2D eigenvalue weighted by Gasteiger charge is 2.01. The number of aliphatic hydroxyl groups is 1. The summed E-state index contributed by atoms with van der Waals surface area (Å²) < 4.78 is 0. The van der Waals surface area contributed by atoms with Crippen LogP contribution in [0.1, 0.15) is 27.2 Å². The summed E-state index contributed by atoms with van der Waals surface area (Å²) in [5, 5.41) is 11.7. The Balaban J connectivity index is 3.61. The second-order valence-corrected chi connectivity index (χ2v) is 4.12. The second kappa shape index (κ2) is 7.62. The quantitative estimate of drug-likeness (QED) is 0.434. The fourth-order valence-corrected chi connectivity index (χ4v) is 0.938. The van der Waals surface area contributed by atoms with Gasteiger partial charge in [0.2, 0.25) is 0 Å². The van der Waals surface area contributed by atoms with E-state index in [1.165, 1.54) is 0 Å². The second-order valence-electron chi connectivity index (χ2n) is 4.12. The van der Waals surface area contributed by atoms with Crippen molar-refractivity contribution in [3.05, 3.63) is 0 Å². The Morgan fingerprint density at radius 3 is 2.57 bits per heavy atom. The average Bonchev–Trinajstić information content (AvgIpc) is 2.12. The number of nitrogens with two attached hydrogens (primary N) is 1. The summed E-state index contributed by atoms with van der Waals surface area (Å²) in [7, 11) is 0. The molecule has 84 valence electrons. The molecule has 4 heteroatoms. The van der Waals surface area contributed by atoms with Gasteiger partial charge in [0.25, 0.3) is 0 Å². The molecule has 0 fully saturated rings. The van der Waals surface area contributed by atoms with Crippen molar-refractivity contribution in [2.24, 2.45) is 22.6 Å². The number of aliphatic imine (C=N–C) groups is 1. The maximum atomic E-state index is 8.69. The van der Waals surface area contributed by atoms with E-state index in [1.807, 2.05) is 0 Å². The van der Waals surface area contributed by atoms with Crippen molar-refractivity contribution in [1.29, 1.82) is 0 Å². The number of rotatable bonds is 6. The van der Waals surface area contributed by atoms with Crippen molar-refractivity contribution in [3.8, 4) is 0 Å². The van der Waals surface area contributed by atoms with Crippen LogP contribution in [0.25, 0.3) is 0 Å². The first-order valence-corrected chi connectivity index (χ1v) is 5.21. The highest BCUT2D eigenvalue weighted by atomic mass is 16.3. The lowest BCUT2D eigenvalue weighted by molar-refractivity contribution is 0.262. The molecular weight excluding hydrogens is 178 g/mol. The van der Waals surface area contributed by atoms with Gasteiger partial charge < -0.3 is 16.2 Å². The van der Waals surface area contributed by atoms with Crippen LogP contribution >= 0.6 is 0 Å². The molecule has 0 saturated heterocycles. The van der Waals surface area contributed by atoms with Crippen LogP contribution in [0, 0.1) is 11.8 Å². The minimum atomic E-state index is 0.228. The van der Waals surface area contributed by atoms with Gasteiger partial charge in [0, 0.05) is 19.7 Å². The molecule has 0 aliphatic rings. The van der Waals surface area contributed by atoms with Gasteiger partial charge in [-0.25, -0.2) is 0 Å². The molecule has 0 rings (SSSR count). The number of aliphatic hydroxyl groups excluding tert-OH is 1. The molecule has 0 heterocycles. The third-order valence-corrected chi connectivity index (χ3v) is 1.88. The van der Waals surface area contributed by atoms with Crippen LogP contribution in [0.5, 0.6) is 0 Å². The lowest BCUT2D eigenvalue weighted by Crippen LogP contribution is -2.35. The molecule has 0 saturated carbocycles. The summed E-state index contributed by atoms with van der Waals surface area (Å²) in [6.07, 6.45) is 0.796. The molecule has 0 radical (unpaired) electrons. The summed E-state index contributed by atoms with van der Waals surface area (Å²) in [4.78, 5) is 4.18. The Hall–Kier alpha value is -0.770. The zero-order valence-electron chi connectivity index (χ0n) is 9.45. The third-order valence-electron chi connectivity index (χ3n) is 1.88. The first-order chi connectivity index (χ1) is 6.56. The van der Waals surface area contributed by atoms with E-state index in [1.54, 1.807) is 0 Å². The predicted octanol–water partition coefficient (Wildman–Crippen LogP) is 0.565. The number of hydrogen-bond acceptors (Lipinski definition) is 2. The van der Waals surface area contributed by atoms with Gasteiger partial charge in [-0.3, -0.25) is 4.99 Å². The standard InChI is InChI=1S/C10H23N3O/c1-8(2)6-12-10(11)13-7-9(3)4-5-14/h8-9,14H,4-7H2,1-3H3,(H3,11,12,13). The molecule has 1 unspecified atom stereocenters. The first-order valence-electron chi connectivity index (χ1n) is 5.21. The molecule has 0 spiro atoms. The number of guanidine groups is 1. The van der Waals surface area contributed by atoms with Gasteiger partial charge in [0.15, 0.2) is 5.96 Å². The van der Waals surface area contributed by atoms with E-state index in [-0.39, 0.29) is 6.61 Å². The van der Waals surface area contributed by atoms with E-state index in [4.69, 9.17) is 10.8 Å². The van der Waals surface area contributed by atoms with E-state index >= 15 is 0 Å². The van der Waals surface area contributed by atoms with Crippen LogP contribution in [0.3, 0.4) is 0 Å². The molecule has 0 aromatic heterocycles. The van der Waals surface area contributed by atoms with Crippen LogP contribution in [0.15, 0.2) is 4.99 Å². The SMILES string of the molecule is CC(C)CN=C(N)NCC(C)CCO. The summed E-state index contributed by atoms with van der Waals surface area (Å²) in [5.41, 5.74) is 5.64. The summed E-state index contributed by atoms with van der Waals surface area (Å²) in [6.45, 7) is 8.03. The number of hydrogen-bond donors (Lipinski definition) is 3. The summed E-state index contributed by atoms with van der Waals surface area (Å²) in [6, 6.07) is 0. The van der Waals surface area contributed by atoms with Crippen molar-refractivity contribution in [1.82, 2.24) is 5.32 Å². The lowest BCUT2D eigenvalue weighted by atomic mass is 10.1. The number of nitrogens with one attached hydrogen (secondary N) is 1. The van der Waals surface area contributed by atoms with Gasteiger partial charge in [-0.05, 0) is 18.3 Å². The first kappa shape index (κ1) is 13.2. The molecule has 0 aliphatic heterocycles. The maximum Gasteiger partial charge on any atom is 0.188 e. The van der Waals surface area contributed by atoms with Gasteiger partial charge in [-0.1, -0.05) is 20.8 Å². The van der Waals surface area contributed by atoms with Crippen molar-refractivity contribution in [2.75, 3.05) is 19.7 Å². The molecule has 0 bridgehead atoms. The Bertz CT molecular complexity index is 169. The molecule has 0 aromatic carbocycles. The highest BCUT2D eigenvalue weighted by Crippen LogP contribution is 1.97. The molecule has 0 aliphatic carbocycles. The van der Waals surface area contributed by atoms with Gasteiger partial charge in [0.1, 0.15) is 0 Å². The van der Waals surface area contributed by atoms with Gasteiger partial charge in [0.05, 0.1) is 0 Å². The summed E-state index contributed by atoms with van der Waals surface area (Å²) >= 11 is 0. The molecule has 0 aromatic rings.